The highest BCUT2D eigenvalue weighted by atomic mass is 32.2. The van der Waals surface area contributed by atoms with Gasteiger partial charge in [0.25, 0.3) is 10.0 Å². The van der Waals surface area contributed by atoms with Crippen molar-refractivity contribution in [3.8, 4) is 11.5 Å². The first-order valence-corrected chi connectivity index (χ1v) is 12.4. The van der Waals surface area contributed by atoms with Crippen LogP contribution in [0.15, 0.2) is 77.7 Å². The van der Waals surface area contributed by atoms with Gasteiger partial charge < -0.3 is 19.5 Å². The van der Waals surface area contributed by atoms with Crippen molar-refractivity contribution < 1.29 is 31.8 Å². The van der Waals surface area contributed by atoms with E-state index in [1.165, 1.54) is 30.3 Å². The van der Waals surface area contributed by atoms with E-state index < -0.39 is 28.3 Å². The van der Waals surface area contributed by atoms with Crippen molar-refractivity contribution in [3.05, 3.63) is 84.2 Å². The number of benzene rings is 3. The highest BCUT2D eigenvalue weighted by molar-refractivity contribution is 7.92. The number of anilines is 1. The Labute approximate surface area is 203 Å². The molecule has 0 aliphatic carbocycles. The maximum Gasteiger partial charge on any atom is 0.264 e. The van der Waals surface area contributed by atoms with Gasteiger partial charge in [0.05, 0.1) is 23.8 Å². The van der Waals surface area contributed by atoms with Crippen LogP contribution in [0.2, 0.25) is 0 Å². The van der Waals surface area contributed by atoms with Crippen molar-refractivity contribution in [2.24, 2.45) is 0 Å². The molecule has 0 atom stereocenters. The lowest BCUT2D eigenvalue weighted by Gasteiger charge is -2.25. The second kappa shape index (κ2) is 11.2. The maximum absolute atomic E-state index is 13.5. The zero-order chi connectivity index (χ0) is 24.7. The van der Waals surface area contributed by atoms with Gasteiger partial charge in [-0.25, -0.2) is 12.8 Å². The summed E-state index contributed by atoms with van der Waals surface area (Å²) in [4.78, 5) is 12.6. The number of fused-ring (bicyclic) bond motifs is 1. The second-order valence-electron chi connectivity index (χ2n) is 7.68. The lowest BCUT2D eigenvalue weighted by atomic mass is 10.2. The second-order valence-corrected chi connectivity index (χ2v) is 9.54. The quantitative estimate of drug-likeness (QED) is 0.430. The Morgan fingerprint density at radius 2 is 1.69 bits per heavy atom. The number of hydrogen-bond donors (Lipinski definition) is 1. The maximum atomic E-state index is 13.5. The van der Waals surface area contributed by atoms with E-state index in [2.05, 4.69) is 5.32 Å². The number of amides is 1. The van der Waals surface area contributed by atoms with Crippen molar-refractivity contribution in [2.45, 2.75) is 11.5 Å². The number of carbonyl (C=O) groups excluding carboxylic acids is 1. The van der Waals surface area contributed by atoms with Crippen molar-refractivity contribution in [3.63, 3.8) is 0 Å². The zero-order valence-corrected chi connectivity index (χ0v) is 19.7. The lowest BCUT2D eigenvalue weighted by molar-refractivity contribution is -0.119. The molecule has 3 aromatic rings. The molecule has 0 saturated carbocycles. The largest absolute Gasteiger partial charge is 0.486 e. The third-order valence-electron chi connectivity index (χ3n) is 5.18. The molecule has 0 unspecified atom stereocenters. The fourth-order valence-corrected chi connectivity index (χ4v) is 4.88. The Morgan fingerprint density at radius 1 is 0.971 bits per heavy atom. The number of carbonyl (C=O) groups is 1. The number of ether oxygens (including phenoxy) is 3. The molecule has 1 aliphatic heterocycles. The van der Waals surface area contributed by atoms with E-state index in [0.29, 0.717) is 31.3 Å². The van der Waals surface area contributed by atoms with Crippen molar-refractivity contribution in [1.29, 1.82) is 0 Å². The first kappa shape index (κ1) is 24.5. The lowest BCUT2D eigenvalue weighted by Crippen LogP contribution is -2.41. The molecule has 1 heterocycles. The average Bonchev–Trinajstić information content (AvgIpc) is 2.88. The molecule has 10 heteroatoms. The van der Waals surface area contributed by atoms with E-state index in [1.807, 2.05) is 30.3 Å². The number of sulfonamides is 1. The van der Waals surface area contributed by atoms with E-state index in [1.54, 1.807) is 0 Å². The van der Waals surface area contributed by atoms with E-state index in [9.17, 15) is 17.6 Å². The van der Waals surface area contributed by atoms with Crippen LogP contribution in [0.5, 0.6) is 11.5 Å². The highest BCUT2D eigenvalue weighted by Gasteiger charge is 2.29. The van der Waals surface area contributed by atoms with Crippen LogP contribution in [0.3, 0.4) is 0 Å². The van der Waals surface area contributed by atoms with Crippen molar-refractivity contribution in [2.75, 3.05) is 37.2 Å². The molecule has 1 N–H and O–H groups in total. The van der Waals surface area contributed by atoms with Gasteiger partial charge in [-0.1, -0.05) is 30.3 Å². The van der Waals surface area contributed by atoms with Gasteiger partial charge in [0.2, 0.25) is 5.91 Å². The van der Waals surface area contributed by atoms with Crippen LogP contribution in [0.25, 0.3) is 0 Å². The van der Waals surface area contributed by atoms with Crippen molar-refractivity contribution in [1.82, 2.24) is 5.32 Å². The number of halogens is 1. The Bertz CT molecular complexity index is 1250. The van der Waals surface area contributed by atoms with Gasteiger partial charge in [0, 0.05) is 12.6 Å². The van der Waals surface area contributed by atoms with Gasteiger partial charge in [0.15, 0.2) is 11.5 Å². The molecule has 0 spiro atoms. The molecule has 0 saturated heterocycles. The van der Waals surface area contributed by atoms with E-state index in [4.69, 9.17) is 14.2 Å². The number of rotatable bonds is 10. The third kappa shape index (κ3) is 6.28. The molecule has 0 bridgehead atoms. The van der Waals surface area contributed by atoms with E-state index >= 15 is 0 Å². The summed E-state index contributed by atoms with van der Waals surface area (Å²) in [5.41, 5.74) is 1.16. The molecule has 184 valence electrons. The Morgan fingerprint density at radius 3 is 2.43 bits per heavy atom. The summed E-state index contributed by atoms with van der Waals surface area (Å²) in [7, 11) is -4.18. The van der Waals surface area contributed by atoms with Crippen LogP contribution in [-0.4, -0.2) is 47.2 Å². The molecule has 3 aromatic carbocycles. The summed E-state index contributed by atoms with van der Waals surface area (Å²) >= 11 is 0. The zero-order valence-electron chi connectivity index (χ0n) is 18.9. The summed E-state index contributed by atoms with van der Waals surface area (Å²) in [5, 5.41) is 2.67. The summed E-state index contributed by atoms with van der Waals surface area (Å²) in [6.45, 7) is 1.03. The van der Waals surface area contributed by atoms with E-state index in [-0.39, 0.29) is 23.7 Å². The molecule has 1 amide bonds. The minimum atomic E-state index is -4.18. The fourth-order valence-electron chi connectivity index (χ4n) is 3.45. The average molecular weight is 501 g/mol. The molecule has 0 radical (unpaired) electrons. The molecule has 35 heavy (non-hydrogen) atoms. The molecular formula is C25H25FN2O6S. The van der Waals surface area contributed by atoms with Gasteiger partial charge in [0.1, 0.15) is 25.6 Å². The number of nitrogens with zero attached hydrogens (tertiary/aromatic N) is 1. The topological polar surface area (TPSA) is 94.2 Å². The molecule has 0 fully saturated rings. The SMILES string of the molecule is O=C(CN(c1ccc(F)cc1)S(=O)(=O)c1ccc2c(c1)OCCO2)NCCOCc1ccccc1. The minimum absolute atomic E-state index is 0.0786. The highest BCUT2D eigenvalue weighted by Crippen LogP contribution is 2.34. The molecule has 0 aromatic heterocycles. The van der Waals surface area contributed by atoms with Crippen LogP contribution in [-0.2, 0) is 26.2 Å². The molecule has 1 aliphatic rings. The summed E-state index contributed by atoms with van der Waals surface area (Å²) in [6, 6.07) is 18.7. The predicted molar refractivity (Wildman–Crippen MR) is 127 cm³/mol. The standard InChI is InChI=1S/C25H25FN2O6S/c26-20-6-8-21(9-7-20)28(17-25(29)27-12-13-32-18-19-4-2-1-3-5-19)35(30,31)22-10-11-23-24(16-22)34-15-14-33-23/h1-11,16H,12-15,17-18H2,(H,27,29). The summed E-state index contributed by atoms with van der Waals surface area (Å²) in [5.74, 6) is -0.308. The molecule has 8 nitrogen and oxygen atoms in total. The van der Waals surface area contributed by atoms with Crippen LogP contribution in [0.1, 0.15) is 5.56 Å². The first-order chi connectivity index (χ1) is 16.9. The van der Waals surface area contributed by atoms with Crippen LogP contribution >= 0.6 is 0 Å². The van der Waals surface area contributed by atoms with Crippen molar-refractivity contribution >= 4 is 21.6 Å². The van der Waals surface area contributed by atoms with E-state index in [0.717, 1.165) is 22.0 Å². The Kier molecular flexibility index (Phi) is 7.84. The normalized spacial score (nSPS) is 12.7. The Hall–Kier alpha value is -3.63. The van der Waals surface area contributed by atoms with Gasteiger partial charge in [-0.3, -0.25) is 9.10 Å². The summed E-state index contributed by atoms with van der Waals surface area (Å²) in [6.07, 6.45) is 0. The van der Waals surface area contributed by atoms with Crippen LogP contribution in [0.4, 0.5) is 10.1 Å². The number of hydrogen-bond acceptors (Lipinski definition) is 6. The van der Waals surface area contributed by atoms with Gasteiger partial charge in [-0.05, 0) is 42.0 Å². The van der Waals surface area contributed by atoms with Gasteiger partial charge in [-0.2, -0.15) is 0 Å². The monoisotopic (exact) mass is 500 g/mol. The predicted octanol–water partition coefficient (Wildman–Crippen LogP) is 3.13. The van der Waals surface area contributed by atoms with Crippen LogP contribution < -0.4 is 19.1 Å². The molecule has 4 rings (SSSR count). The Balaban J connectivity index is 1.44. The fraction of sp³-hybridized carbons (Fsp3) is 0.240. The van der Waals surface area contributed by atoms with Gasteiger partial charge in [-0.15, -0.1) is 0 Å². The summed E-state index contributed by atoms with van der Waals surface area (Å²) < 4.78 is 57.9. The minimum Gasteiger partial charge on any atom is -0.486 e. The number of nitrogens with one attached hydrogen (secondary N) is 1. The molecular weight excluding hydrogens is 475 g/mol. The smallest absolute Gasteiger partial charge is 0.264 e. The van der Waals surface area contributed by atoms with Crippen LogP contribution in [0, 0.1) is 5.82 Å². The van der Waals surface area contributed by atoms with Gasteiger partial charge >= 0.3 is 0 Å². The third-order valence-corrected chi connectivity index (χ3v) is 6.95. The first-order valence-electron chi connectivity index (χ1n) is 11.0.